The minimum absolute atomic E-state index is 0.157. The molecule has 10 heteroatoms. The third-order valence-electron chi connectivity index (χ3n) is 7.19. The first kappa shape index (κ1) is 38.3. The van der Waals surface area contributed by atoms with Gasteiger partial charge in [0.2, 0.25) is 11.8 Å². The number of hydrogen-bond acceptors (Lipinski definition) is 7. The fourth-order valence-electron chi connectivity index (χ4n) is 5.08. The molecule has 0 bridgehead atoms. The van der Waals surface area contributed by atoms with Gasteiger partial charge in [-0.25, -0.2) is 9.59 Å². The van der Waals surface area contributed by atoms with Crippen LogP contribution in [0.3, 0.4) is 0 Å². The van der Waals surface area contributed by atoms with Crippen molar-refractivity contribution < 1.29 is 33.8 Å². The molecule has 0 spiro atoms. The summed E-state index contributed by atoms with van der Waals surface area (Å²) in [6, 6.07) is 11.4. The molecule has 254 valence electrons. The second-order valence-corrected chi connectivity index (χ2v) is 13.9. The van der Waals surface area contributed by atoms with Crippen molar-refractivity contribution in [1.29, 1.82) is 0 Å². The highest BCUT2D eigenvalue weighted by atomic mass is 16.6. The SMILES string of the molecule is CCC(C)C(NC(=O)OC(C)(C)C)C(=O)N(CCO)C(C(=O)NC(Cc1ccccc1)C(=O)OC(C)(C)C)c1cc(C)cc(C)c1. The first-order valence-corrected chi connectivity index (χ1v) is 15.9. The lowest BCUT2D eigenvalue weighted by Gasteiger charge is -2.36. The fourth-order valence-corrected chi connectivity index (χ4v) is 5.08. The molecular formula is C36H53N3O7. The number of benzene rings is 2. The van der Waals surface area contributed by atoms with Crippen LogP contribution in [-0.4, -0.2) is 70.3 Å². The van der Waals surface area contributed by atoms with Gasteiger partial charge in [0.1, 0.15) is 29.3 Å². The van der Waals surface area contributed by atoms with Gasteiger partial charge in [0.15, 0.2) is 0 Å². The van der Waals surface area contributed by atoms with Gasteiger partial charge in [0.25, 0.3) is 0 Å². The van der Waals surface area contributed by atoms with Gasteiger partial charge < -0.3 is 30.1 Å². The number of aryl methyl sites for hydroxylation is 2. The van der Waals surface area contributed by atoms with E-state index in [0.29, 0.717) is 12.0 Å². The number of hydrogen-bond donors (Lipinski definition) is 3. The number of esters is 1. The smallest absolute Gasteiger partial charge is 0.408 e. The van der Waals surface area contributed by atoms with Crippen LogP contribution in [0.25, 0.3) is 0 Å². The average molecular weight is 640 g/mol. The van der Waals surface area contributed by atoms with Gasteiger partial charge in [-0.2, -0.15) is 0 Å². The van der Waals surface area contributed by atoms with E-state index >= 15 is 0 Å². The highest BCUT2D eigenvalue weighted by Crippen LogP contribution is 2.27. The maximum absolute atomic E-state index is 14.4. The Morgan fingerprint density at radius 3 is 1.93 bits per heavy atom. The Balaban J connectivity index is 2.64. The molecule has 2 aromatic carbocycles. The van der Waals surface area contributed by atoms with E-state index in [1.165, 1.54) is 4.90 Å². The summed E-state index contributed by atoms with van der Waals surface area (Å²) in [5, 5.41) is 15.7. The summed E-state index contributed by atoms with van der Waals surface area (Å²) in [6.07, 6.45) is -0.0717. The highest BCUT2D eigenvalue weighted by Gasteiger charge is 2.39. The molecule has 0 saturated heterocycles. The van der Waals surface area contributed by atoms with E-state index in [1.807, 2.05) is 64.1 Å². The van der Waals surface area contributed by atoms with Crippen LogP contribution >= 0.6 is 0 Å². The predicted octanol–water partition coefficient (Wildman–Crippen LogP) is 5.17. The Hall–Kier alpha value is -3.92. The van der Waals surface area contributed by atoms with Crippen molar-refractivity contribution in [3.05, 3.63) is 70.8 Å². The number of carbonyl (C=O) groups is 4. The van der Waals surface area contributed by atoms with E-state index in [2.05, 4.69) is 10.6 Å². The maximum Gasteiger partial charge on any atom is 0.408 e. The molecule has 4 unspecified atom stereocenters. The summed E-state index contributed by atoms with van der Waals surface area (Å²) in [5.74, 6) is -2.14. The van der Waals surface area contributed by atoms with Crippen LogP contribution in [0.2, 0.25) is 0 Å². The van der Waals surface area contributed by atoms with Crippen LogP contribution in [0.4, 0.5) is 4.79 Å². The quantitative estimate of drug-likeness (QED) is 0.257. The Bertz CT molecular complexity index is 1310. The summed E-state index contributed by atoms with van der Waals surface area (Å²) in [5.41, 5.74) is 1.43. The Morgan fingerprint density at radius 2 is 1.43 bits per heavy atom. The Morgan fingerprint density at radius 1 is 0.870 bits per heavy atom. The second-order valence-electron chi connectivity index (χ2n) is 13.9. The molecule has 3 N–H and O–H groups in total. The van der Waals surface area contributed by atoms with Gasteiger partial charge in [0.05, 0.1) is 6.61 Å². The number of rotatable bonds is 13. The molecule has 0 aliphatic rings. The lowest BCUT2D eigenvalue weighted by Crippen LogP contribution is -2.57. The molecule has 0 heterocycles. The van der Waals surface area contributed by atoms with E-state index in [4.69, 9.17) is 9.47 Å². The van der Waals surface area contributed by atoms with Crippen molar-refractivity contribution in [1.82, 2.24) is 15.5 Å². The average Bonchev–Trinajstić information content (AvgIpc) is 2.92. The monoisotopic (exact) mass is 639 g/mol. The zero-order chi connectivity index (χ0) is 34.8. The number of alkyl carbamates (subject to hydrolysis) is 1. The van der Waals surface area contributed by atoms with E-state index in [-0.39, 0.29) is 18.9 Å². The molecule has 0 saturated carbocycles. The van der Waals surface area contributed by atoms with Crippen molar-refractivity contribution in [3.8, 4) is 0 Å². The Kier molecular flexibility index (Phi) is 13.8. The molecule has 0 aliphatic heterocycles. The first-order valence-electron chi connectivity index (χ1n) is 15.9. The summed E-state index contributed by atoms with van der Waals surface area (Å²) in [6.45, 7) is 17.2. The van der Waals surface area contributed by atoms with E-state index in [1.54, 1.807) is 53.7 Å². The van der Waals surface area contributed by atoms with E-state index in [9.17, 15) is 24.3 Å². The summed E-state index contributed by atoms with van der Waals surface area (Å²) in [4.78, 5) is 56.4. The first-order chi connectivity index (χ1) is 21.3. The minimum atomic E-state index is -1.24. The number of amides is 3. The fraction of sp³-hybridized carbons (Fsp3) is 0.556. The molecule has 0 fully saturated rings. The van der Waals surface area contributed by atoms with Crippen molar-refractivity contribution in [3.63, 3.8) is 0 Å². The summed E-state index contributed by atoms with van der Waals surface area (Å²) in [7, 11) is 0. The van der Waals surface area contributed by atoms with Crippen LogP contribution < -0.4 is 10.6 Å². The molecule has 3 amide bonds. The molecule has 0 radical (unpaired) electrons. The highest BCUT2D eigenvalue weighted by molar-refractivity contribution is 5.94. The van der Waals surface area contributed by atoms with Crippen LogP contribution in [-0.2, 0) is 30.3 Å². The number of ether oxygens (including phenoxy) is 2. The number of carbonyl (C=O) groups excluding carboxylic acids is 4. The van der Waals surface area contributed by atoms with Gasteiger partial charge in [-0.3, -0.25) is 9.59 Å². The number of aliphatic hydroxyl groups is 1. The third-order valence-corrected chi connectivity index (χ3v) is 7.19. The summed E-state index contributed by atoms with van der Waals surface area (Å²) >= 11 is 0. The lowest BCUT2D eigenvalue weighted by atomic mass is 9.94. The van der Waals surface area contributed by atoms with Crippen LogP contribution in [0.1, 0.15) is 90.1 Å². The third kappa shape index (κ3) is 12.1. The molecule has 0 aliphatic carbocycles. The largest absolute Gasteiger partial charge is 0.458 e. The van der Waals surface area contributed by atoms with E-state index in [0.717, 1.165) is 16.7 Å². The Labute approximate surface area is 274 Å². The normalized spacial score (nSPS) is 14.3. The van der Waals surface area contributed by atoms with Crippen molar-refractivity contribution >= 4 is 23.9 Å². The number of aliphatic hydroxyl groups excluding tert-OH is 1. The molecule has 2 rings (SSSR count). The van der Waals surface area contributed by atoms with E-state index < -0.39 is 59.8 Å². The van der Waals surface area contributed by atoms with Gasteiger partial charge in [-0.1, -0.05) is 79.9 Å². The zero-order valence-corrected chi connectivity index (χ0v) is 29.1. The molecule has 2 aromatic rings. The summed E-state index contributed by atoms with van der Waals surface area (Å²) < 4.78 is 11.1. The van der Waals surface area contributed by atoms with Gasteiger partial charge >= 0.3 is 12.1 Å². The second kappa shape index (κ2) is 16.6. The lowest BCUT2D eigenvalue weighted by molar-refractivity contribution is -0.159. The zero-order valence-electron chi connectivity index (χ0n) is 29.1. The van der Waals surface area contributed by atoms with Crippen LogP contribution in [0, 0.1) is 19.8 Å². The van der Waals surface area contributed by atoms with Crippen molar-refractivity contribution in [2.45, 2.75) is 111 Å². The molecule has 4 atom stereocenters. The van der Waals surface area contributed by atoms with Gasteiger partial charge in [-0.15, -0.1) is 0 Å². The van der Waals surface area contributed by atoms with Crippen molar-refractivity contribution in [2.24, 2.45) is 5.92 Å². The molecule has 0 aromatic heterocycles. The predicted molar refractivity (Wildman–Crippen MR) is 178 cm³/mol. The minimum Gasteiger partial charge on any atom is -0.458 e. The van der Waals surface area contributed by atoms with Gasteiger partial charge in [-0.05, 0) is 72.4 Å². The van der Waals surface area contributed by atoms with Gasteiger partial charge in [0, 0.05) is 13.0 Å². The molecule has 10 nitrogen and oxygen atoms in total. The molecular weight excluding hydrogens is 586 g/mol. The van der Waals surface area contributed by atoms with Crippen LogP contribution in [0.5, 0.6) is 0 Å². The maximum atomic E-state index is 14.4. The topological polar surface area (TPSA) is 134 Å². The number of nitrogens with one attached hydrogen (secondary N) is 2. The number of nitrogens with zero attached hydrogens (tertiary/aromatic N) is 1. The van der Waals surface area contributed by atoms with Crippen molar-refractivity contribution in [2.75, 3.05) is 13.2 Å². The standard InChI is InChI=1S/C36H53N3O7/c1-11-25(4)29(38-34(44)46-36(8,9)10)32(42)39(17-18-40)30(27-20-23(2)19-24(3)21-27)31(41)37-28(33(43)45-35(5,6)7)22-26-15-13-12-14-16-26/h12-16,19-21,25,28-30,40H,11,17-18,22H2,1-10H3,(H,37,41)(H,38,44). The van der Waals surface area contributed by atoms with Crippen LogP contribution in [0.15, 0.2) is 48.5 Å². The molecule has 46 heavy (non-hydrogen) atoms.